The Bertz CT molecular complexity index is 1970. The number of carbonyl (C=O) groups excluding carboxylic acids is 1. The van der Waals surface area contributed by atoms with Gasteiger partial charge in [0.1, 0.15) is 17.2 Å². The summed E-state index contributed by atoms with van der Waals surface area (Å²) >= 11 is 25.6. The van der Waals surface area contributed by atoms with E-state index in [1.165, 1.54) is 45.8 Å². The van der Waals surface area contributed by atoms with Crippen molar-refractivity contribution in [3.63, 3.8) is 0 Å². The minimum Gasteiger partial charge on any atom is -0.508 e. The first-order valence-electron chi connectivity index (χ1n) is 14.2. The molecule has 5 rings (SSSR count). The summed E-state index contributed by atoms with van der Waals surface area (Å²) in [5, 5.41) is 23.4. The minimum absolute atomic E-state index is 0.0731. The molecule has 0 bridgehead atoms. The number of aryl methyl sites for hydroxylation is 1. The van der Waals surface area contributed by atoms with Crippen LogP contribution < -0.4 is 30.0 Å². The van der Waals surface area contributed by atoms with E-state index in [1.54, 1.807) is 55.5 Å². The Kier molecular flexibility index (Phi) is 11.2. The van der Waals surface area contributed by atoms with E-state index in [9.17, 15) is 9.90 Å². The molecule has 0 spiro atoms. The standard InChI is InChI=1S/C33H28Cl4N6O6/c1-17-11-21(7-9-26(17)44)49-16-29(48-4)38-19-5-8-22(35)25(14-19)39-32-30(41-40-20-6-10-27(46-2)28(15-20)47-3)33(45)43(42-32)31-23(36)12-18(34)13-24(31)37/h5-16,30,38,44H,1-4H3,(H,39,42)/b29-16+,41-40?. The molecule has 1 amide bonds. The van der Waals surface area contributed by atoms with Crippen LogP contribution in [0.4, 0.5) is 22.7 Å². The van der Waals surface area contributed by atoms with Gasteiger partial charge < -0.3 is 29.4 Å². The predicted octanol–water partition coefficient (Wildman–Crippen LogP) is 9.00. The molecule has 0 aromatic heterocycles. The zero-order chi connectivity index (χ0) is 35.2. The van der Waals surface area contributed by atoms with Gasteiger partial charge in [0.25, 0.3) is 5.91 Å². The second-order valence-corrected chi connectivity index (χ2v) is 11.9. The second-order valence-electron chi connectivity index (χ2n) is 10.2. The monoisotopic (exact) mass is 744 g/mol. The van der Waals surface area contributed by atoms with Crippen molar-refractivity contribution in [1.82, 2.24) is 5.43 Å². The molecule has 0 radical (unpaired) electrons. The third-order valence-corrected chi connectivity index (χ3v) is 8.06. The highest BCUT2D eigenvalue weighted by atomic mass is 35.5. The molecule has 1 unspecified atom stereocenters. The number of aromatic hydroxyl groups is 1. The molecule has 1 atom stereocenters. The predicted molar refractivity (Wildman–Crippen MR) is 191 cm³/mol. The molecule has 16 heteroatoms. The van der Waals surface area contributed by atoms with Crippen LogP contribution in [0, 0.1) is 6.92 Å². The van der Waals surface area contributed by atoms with E-state index in [4.69, 9.17) is 65.4 Å². The number of ether oxygens (including phenoxy) is 4. The zero-order valence-corrected chi connectivity index (χ0v) is 29.3. The number of carbonyl (C=O) groups is 1. The van der Waals surface area contributed by atoms with Crippen LogP contribution in [0.1, 0.15) is 5.56 Å². The van der Waals surface area contributed by atoms with Gasteiger partial charge in [0.15, 0.2) is 23.6 Å². The molecule has 1 aliphatic rings. The topological polar surface area (TPSA) is 139 Å². The van der Waals surface area contributed by atoms with E-state index in [0.717, 1.165) is 5.01 Å². The lowest BCUT2D eigenvalue weighted by Crippen LogP contribution is -2.36. The van der Waals surface area contributed by atoms with Crippen LogP contribution in [0.15, 0.2) is 94.1 Å². The SMILES string of the molecule is CO/C(=C/Oc1ccc(O)c(C)c1)Nc1ccc(Cl)c(N=C2NN(c3c(Cl)cc(Cl)cc3Cl)C(=O)C2N=Nc2ccc(OC)c(OC)c2)c1. The lowest BCUT2D eigenvalue weighted by atomic mass is 10.2. The number of nitrogens with zero attached hydrogens (tertiary/aromatic N) is 4. The highest BCUT2D eigenvalue weighted by Crippen LogP contribution is 2.39. The summed E-state index contributed by atoms with van der Waals surface area (Å²) < 4.78 is 21.8. The fourth-order valence-electron chi connectivity index (χ4n) is 4.49. The van der Waals surface area contributed by atoms with Crippen molar-refractivity contribution in [2.45, 2.75) is 13.0 Å². The highest BCUT2D eigenvalue weighted by Gasteiger charge is 2.41. The van der Waals surface area contributed by atoms with Gasteiger partial charge >= 0.3 is 0 Å². The Morgan fingerprint density at radius 1 is 0.918 bits per heavy atom. The van der Waals surface area contributed by atoms with Crippen molar-refractivity contribution < 1.29 is 28.8 Å². The quantitative estimate of drug-likeness (QED) is 0.102. The normalized spacial score (nSPS) is 15.5. The van der Waals surface area contributed by atoms with Gasteiger partial charge in [0.2, 0.25) is 11.9 Å². The van der Waals surface area contributed by atoms with Crippen molar-refractivity contribution in [3.8, 4) is 23.0 Å². The molecule has 4 aromatic carbocycles. The van der Waals surface area contributed by atoms with Gasteiger partial charge in [0, 0.05) is 16.8 Å². The Balaban J connectivity index is 1.49. The number of nitrogens with one attached hydrogen (secondary N) is 2. The fourth-order valence-corrected chi connectivity index (χ4v) is 5.63. The zero-order valence-electron chi connectivity index (χ0n) is 26.3. The van der Waals surface area contributed by atoms with Gasteiger partial charge in [-0.15, -0.1) is 0 Å². The summed E-state index contributed by atoms with van der Waals surface area (Å²) in [5.74, 6) is 1.31. The lowest BCUT2D eigenvalue weighted by molar-refractivity contribution is -0.117. The number of benzene rings is 4. The summed E-state index contributed by atoms with van der Waals surface area (Å²) in [6, 6.07) is 16.3. The number of azo groups is 1. The van der Waals surface area contributed by atoms with Crippen LogP contribution in [0.3, 0.4) is 0 Å². The minimum atomic E-state index is -1.26. The Morgan fingerprint density at radius 3 is 2.33 bits per heavy atom. The maximum absolute atomic E-state index is 13.8. The Hall–Kier alpha value is -4.88. The van der Waals surface area contributed by atoms with E-state index in [2.05, 4.69) is 26.0 Å². The number of halogens is 4. The van der Waals surface area contributed by atoms with Crippen LogP contribution in [0.25, 0.3) is 0 Å². The molecule has 254 valence electrons. The third kappa shape index (κ3) is 8.23. The molecule has 0 aliphatic carbocycles. The number of methoxy groups -OCH3 is 3. The molecule has 1 saturated heterocycles. The van der Waals surface area contributed by atoms with E-state index in [0.29, 0.717) is 34.2 Å². The fraction of sp³-hybridized carbons (Fsp3) is 0.152. The first kappa shape index (κ1) is 35.4. The van der Waals surface area contributed by atoms with E-state index in [1.807, 2.05) is 0 Å². The van der Waals surface area contributed by atoms with E-state index >= 15 is 0 Å². The molecular formula is C33H28Cl4N6O6. The Morgan fingerprint density at radius 2 is 1.65 bits per heavy atom. The Labute approximate surface area is 301 Å². The van der Waals surface area contributed by atoms with E-state index < -0.39 is 11.9 Å². The number of hydrogen-bond acceptors (Lipinski definition) is 10. The van der Waals surface area contributed by atoms with Gasteiger partial charge in [0.05, 0.1) is 47.8 Å². The second kappa shape index (κ2) is 15.6. The number of hydrazine groups is 1. The number of amides is 1. The van der Waals surface area contributed by atoms with Crippen LogP contribution in [0.5, 0.6) is 23.0 Å². The molecule has 1 aliphatic heterocycles. The van der Waals surface area contributed by atoms with Gasteiger partial charge in [-0.2, -0.15) is 10.2 Å². The summed E-state index contributed by atoms with van der Waals surface area (Å²) in [5.41, 5.74) is 4.93. The smallest absolute Gasteiger partial charge is 0.280 e. The van der Waals surface area contributed by atoms with Crippen molar-refractivity contribution in [1.29, 1.82) is 0 Å². The largest absolute Gasteiger partial charge is 0.508 e. The molecule has 1 fully saturated rings. The lowest BCUT2D eigenvalue weighted by Gasteiger charge is -2.19. The molecule has 3 N–H and O–H groups in total. The van der Waals surface area contributed by atoms with Gasteiger partial charge in [-0.1, -0.05) is 46.4 Å². The van der Waals surface area contributed by atoms with Crippen LogP contribution in [-0.4, -0.2) is 44.2 Å². The number of aliphatic imine (C=N–C) groups is 1. The molecule has 4 aromatic rings. The number of phenols is 1. The van der Waals surface area contributed by atoms with Crippen molar-refractivity contribution >= 4 is 80.9 Å². The summed E-state index contributed by atoms with van der Waals surface area (Å²) in [7, 11) is 4.47. The first-order valence-corrected chi connectivity index (χ1v) is 15.8. The maximum atomic E-state index is 13.8. The van der Waals surface area contributed by atoms with Crippen LogP contribution in [-0.2, 0) is 9.53 Å². The molecule has 0 saturated carbocycles. The van der Waals surface area contributed by atoms with Gasteiger partial charge in [-0.05, 0) is 73.2 Å². The number of rotatable bonds is 11. The van der Waals surface area contributed by atoms with E-state index in [-0.39, 0.29) is 48.9 Å². The number of hydrogen-bond donors (Lipinski definition) is 3. The summed E-state index contributed by atoms with van der Waals surface area (Å²) in [6.07, 6.45) is 1.37. The van der Waals surface area contributed by atoms with Crippen LogP contribution >= 0.6 is 46.4 Å². The van der Waals surface area contributed by atoms with Crippen LogP contribution in [0.2, 0.25) is 20.1 Å². The van der Waals surface area contributed by atoms with Gasteiger partial charge in [-0.25, -0.2) is 10.0 Å². The first-order chi connectivity index (χ1) is 23.5. The third-order valence-electron chi connectivity index (χ3n) is 6.95. The molecule has 12 nitrogen and oxygen atoms in total. The van der Waals surface area contributed by atoms with Gasteiger partial charge in [-0.3, -0.25) is 10.2 Å². The number of phenolic OH excluding ortho intramolecular Hbond substituents is 1. The number of anilines is 2. The summed E-state index contributed by atoms with van der Waals surface area (Å²) in [6.45, 7) is 1.75. The maximum Gasteiger partial charge on any atom is 0.280 e. The average Bonchev–Trinajstić information content (AvgIpc) is 3.37. The van der Waals surface area contributed by atoms with Crippen molar-refractivity contribution in [2.24, 2.45) is 15.2 Å². The van der Waals surface area contributed by atoms with Crippen molar-refractivity contribution in [3.05, 3.63) is 105 Å². The highest BCUT2D eigenvalue weighted by molar-refractivity contribution is 6.43. The summed E-state index contributed by atoms with van der Waals surface area (Å²) in [4.78, 5) is 18.5. The molecular weight excluding hydrogens is 718 g/mol. The number of amidine groups is 1. The molecule has 49 heavy (non-hydrogen) atoms. The average molecular weight is 746 g/mol. The molecule has 1 heterocycles. The van der Waals surface area contributed by atoms with Crippen molar-refractivity contribution in [2.75, 3.05) is 31.7 Å².